The Morgan fingerprint density at radius 3 is 2.17 bits per heavy atom. The molecule has 3 aliphatic heterocycles. The SMILES string of the molecule is CC(C)N1CCC(CN2CCN(CCCN3CCCCC3)C2=C(C#N)C#N)CC1. The number of hydrogen-bond acceptors (Lipinski definition) is 6. The summed E-state index contributed by atoms with van der Waals surface area (Å²) in [4.78, 5) is 9.76. The molecule has 3 heterocycles. The van der Waals surface area contributed by atoms with Gasteiger partial charge in [0.05, 0.1) is 0 Å². The van der Waals surface area contributed by atoms with E-state index in [-0.39, 0.29) is 0 Å². The van der Waals surface area contributed by atoms with Crippen LogP contribution in [0.25, 0.3) is 0 Å². The smallest absolute Gasteiger partial charge is 0.169 e. The first-order chi connectivity index (χ1) is 14.1. The molecular weight excluding hydrogens is 360 g/mol. The maximum absolute atomic E-state index is 9.55. The lowest BCUT2D eigenvalue weighted by Crippen LogP contribution is -2.41. The van der Waals surface area contributed by atoms with Crippen molar-refractivity contribution in [3.05, 3.63) is 11.4 Å². The van der Waals surface area contributed by atoms with Gasteiger partial charge >= 0.3 is 0 Å². The Morgan fingerprint density at radius 2 is 1.55 bits per heavy atom. The molecule has 0 aliphatic carbocycles. The number of piperidine rings is 2. The van der Waals surface area contributed by atoms with Crippen LogP contribution < -0.4 is 0 Å². The first-order valence-electron chi connectivity index (χ1n) is 11.6. The van der Waals surface area contributed by atoms with E-state index in [0.29, 0.717) is 17.5 Å². The maximum atomic E-state index is 9.55. The lowest BCUT2D eigenvalue weighted by molar-refractivity contribution is 0.132. The van der Waals surface area contributed by atoms with E-state index in [1.165, 1.54) is 45.2 Å². The molecule has 3 rings (SSSR count). The molecule has 6 heteroatoms. The normalized spacial score (nSPS) is 22.2. The first kappa shape index (κ1) is 21.9. The molecule has 0 N–H and O–H groups in total. The molecular formula is C23H38N6. The molecule has 3 aliphatic rings. The molecule has 0 radical (unpaired) electrons. The van der Waals surface area contributed by atoms with Crippen molar-refractivity contribution in [2.45, 2.75) is 58.4 Å². The van der Waals surface area contributed by atoms with Gasteiger partial charge in [-0.05, 0) is 84.6 Å². The summed E-state index contributed by atoms with van der Waals surface area (Å²) in [5, 5.41) is 19.1. The summed E-state index contributed by atoms with van der Waals surface area (Å²) in [6, 6.07) is 4.96. The van der Waals surface area contributed by atoms with E-state index < -0.39 is 0 Å². The van der Waals surface area contributed by atoms with E-state index in [4.69, 9.17) is 0 Å². The van der Waals surface area contributed by atoms with E-state index >= 15 is 0 Å². The summed E-state index contributed by atoms with van der Waals surface area (Å²) < 4.78 is 0. The summed E-state index contributed by atoms with van der Waals surface area (Å²) in [5.41, 5.74) is 0.292. The highest BCUT2D eigenvalue weighted by Gasteiger charge is 2.31. The van der Waals surface area contributed by atoms with Crippen LogP contribution in [0.2, 0.25) is 0 Å². The van der Waals surface area contributed by atoms with E-state index in [0.717, 1.165) is 58.1 Å². The Kier molecular flexibility index (Phi) is 8.21. The zero-order chi connectivity index (χ0) is 20.6. The summed E-state index contributed by atoms with van der Waals surface area (Å²) in [6.45, 7) is 14.3. The minimum absolute atomic E-state index is 0.292. The van der Waals surface area contributed by atoms with Crippen LogP contribution in [0.4, 0.5) is 0 Å². The highest BCUT2D eigenvalue weighted by atomic mass is 15.4. The van der Waals surface area contributed by atoms with Crippen molar-refractivity contribution in [3.8, 4) is 12.1 Å². The third-order valence-electron chi connectivity index (χ3n) is 6.90. The average molecular weight is 399 g/mol. The van der Waals surface area contributed by atoms with Crippen LogP contribution in [-0.2, 0) is 0 Å². The van der Waals surface area contributed by atoms with Gasteiger partial charge in [0, 0.05) is 32.2 Å². The monoisotopic (exact) mass is 398 g/mol. The molecule has 0 unspecified atom stereocenters. The van der Waals surface area contributed by atoms with Crippen LogP contribution in [0.1, 0.15) is 52.4 Å². The van der Waals surface area contributed by atoms with Crippen LogP contribution in [-0.4, -0.2) is 84.5 Å². The van der Waals surface area contributed by atoms with Gasteiger partial charge in [-0.1, -0.05) is 6.42 Å². The number of likely N-dealkylation sites (tertiary alicyclic amines) is 2. The second kappa shape index (κ2) is 10.9. The van der Waals surface area contributed by atoms with Gasteiger partial charge in [-0.3, -0.25) is 0 Å². The van der Waals surface area contributed by atoms with Crippen LogP contribution in [0.15, 0.2) is 11.4 Å². The number of allylic oxidation sites excluding steroid dienone is 1. The molecule has 6 nitrogen and oxygen atoms in total. The van der Waals surface area contributed by atoms with Crippen molar-refractivity contribution < 1.29 is 0 Å². The second-order valence-corrected chi connectivity index (χ2v) is 9.18. The third-order valence-corrected chi connectivity index (χ3v) is 6.90. The average Bonchev–Trinajstić information content (AvgIpc) is 3.12. The van der Waals surface area contributed by atoms with Crippen molar-refractivity contribution in [1.29, 1.82) is 10.5 Å². The van der Waals surface area contributed by atoms with Gasteiger partial charge in [-0.25, -0.2) is 0 Å². The predicted molar refractivity (Wildman–Crippen MR) is 116 cm³/mol. The molecule has 0 amide bonds. The maximum Gasteiger partial charge on any atom is 0.169 e. The molecule has 3 fully saturated rings. The Hall–Kier alpha value is -1.76. The van der Waals surface area contributed by atoms with Gasteiger partial charge in [0.15, 0.2) is 5.57 Å². The Labute approximate surface area is 177 Å². The van der Waals surface area contributed by atoms with Gasteiger partial charge < -0.3 is 19.6 Å². The van der Waals surface area contributed by atoms with E-state index in [9.17, 15) is 10.5 Å². The highest BCUT2D eigenvalue weighted by Crippen LogP contribution is 2.27. The fourth-order valence-corrected chi connectivity index (χ4v) is 5.12. The van der Waals surface area contributed by atoms with Gasteiger partial charge in [-0.15, -0.1) is 0 Å². The molecule has 0 saturated carbocycles. The Balaban J connectivity index is 1.56. The molecule has 0 spiro atoms. The molecule has 0 aromatic heterocycles. The zero-order valence-electron chi connectivity index (χ0n) is 18.4. The largest absolute Gasteiger partial charge is 0.355 e. The molecule has 0 atom stereocenters. The molecule has 0 bridgehead atoms. The van der Waals surface area contributed by atoms with Crippen LogP contribution in [0, 0.1) is 28.6 Å². The van der Waals surface area contributed by atoms with Crippen LogP contribution >= 0.6 is 0 Å². The zero-order valence-corrected chi connectivity index (χ0v) is 18.4. The topological polar surface area (TPSA) is 60.5 Å². The summed E-state index contributed by atoms with van der Waals surface area (Å²) in [5.74, 6) is 1.56. The standard InChI is InChI=1S/C23H38N6/c1-20(2)27-13-7-21(8-14-27)19-29-16-15-28(23(29)22(17-24)18-25)12-6-11-26-9-4-3-5-10-26/h20-21H,3-16,19H2,1-2H3. The summed E-state index contributed by atoms with van der Waals surface area (Å²) in [7, 11) is 0. The lowest BCUT2D eigenvalue weighted by Gasteiger charge is -2.36. The van der Waals surface area contributed by atoms with Gasteiger partial charge in [0.2, 0.25) is 0 Å². The number of hydrogen-bond donors (Lipinski definition) is 0. The van der Waals surface area contributed by atoms with E-state index in [2.05, 4.69) is 45.6 Å². The van der Waals surface area contributed by atoms with Crippen LogP contribution in [0.5, 0.6) is 0 Å². The van der Waals surface area contributed by atoms with Gasteiger partial charge in [0.1, 0.15) is 18.0 Å². The van der Waals surface area contributed by atoms with Crippen LogP contribution in [0.3, 0.4) is 0 Å². The minimum atomic E-state index is 0.292. The van der Waals surface area contributed by atoms with E-state index in [1.54, 1.807) is 0 Å². The molecule has 160 valence electrons. The number of nitrogens with zero attached hydrogens (tertiary/aromatic N) is 6. The second-order valence-electron chi connectivity index (χ2n) is 9.18. The number of nitriles is 2. The minimum Gasteiger partial charge on any atom is -0.355 e. The summed E-state index contributed by atoms with van der Waals surface area (Å²) >= 11 is 0. The van der Waals surface area contributed by atoms with Gasteiger partial charge in [-0.2, -0.15) is 10.5 Å². The van der Waals surface area contributed by atoms with Crippen molar-refractivity contribution in [1.82, 2.24) is 19.6 Å². The predicted octanol–water partition coefficient (Wildman–Crippen LogP) is 2.86. The Morgan fingerprint density at radius 1 is 0.897 bits per heavy atom. The fraction of sp³-hybridized carbons (Fsp3) is 0.826. The fourth-order valence-electron chi connectivity index (χ4n) is 5.12. The quantitative estimate of drug-likeness (QED) is 0.615. The van der Waals surface area contributed by atoms with Gasteiger partial charge in [0.25, 0.3) is 0 Å². The first-order valence-corrected chi connectivity index (χ1v) is 11.6. The van der Waals surface area contributed by atoms with E-state index in [1.807, 2.05) is 0 Å². The molecule has 29 heavy (non-hydrogen) atoms. The summed E-state index contributed by atoms with van der Waals surface area (Å²) in [6.07, 6.45) is 7.55. The third kappa shape index (κ3) is 5.87. The highest BCUT2D eigenvalue weighted by molar-refractivity contribution is 5.40. The molecule has 3 saturated heterocycles. The van der Waals surface area contributed by atoms with Crippen molar-refractivity contribution in [3.63, 3.8) is 0 Å². The number of rotatable bonds is 7. The Bertz CT molecular complexity index is 613. The van der Waals surface area contributed by atoms with Crippen molar-refractivity contribution >= 4 is 0 Å². The molecule has 0 aromatic rings. The molecule has 0 aromatic carbocycles. The lowest BCUT2D eigenvalue weighted by atomic mass is 9.95. The van der Waals surface area contributed by atoms with Crippen molar-refractivity contribution in [2.24, 2.45) is 5.92 Å². The van der Waals surface area contributed by atoms with Crippen molar-refractivity contribution in [2.75, 3.05) is 58.9 Å².